The van der Waals surface area contributed by atoms with Crippen LogP contribution in [0.1, 0.15) is 0 Å². The molecule has 0 unspecified atom stereocenters. The van der Waals surface area contributed by atoms with E-state index < -0.39 is 0 Å². The van der Waals surface area contributed by atoms with Crippen molar-refractivity contribution in [2.45, 2.75) is 0 Å². The third-order valence-electron chi connectivity index (χ3n) is 7.27. The van der Waals surface area contributed by atoms with Crippen molar-refractivity contribution >= 4 is 49.8 Å². The van der Waals surface area contributed by atoms with Gasteiger partial charge in [-0.25, -0.2) is 0 Å². The van der Waals surface area contributed by atoms with Gasteiger partial charge in [-0.05, 0) is 69.4 Å². The lowest BCUT2D eigenvalue weighted by Crippen LogP contribution is -2.10. The molecule has 0 bridgehead atoms. The van der Waals surface area contributed by atoms with Crippen molar-refractivity contribution < 1.29 is 4.42 Å². The van der Waals surface area contributed by atoms with Crippen molar-refractivity contribution in [1.82, 2.24) is 4.98 Å². The van der Waals surface area contributed by atoms with E-state index in [9.17, 15) is 0 Å². The highest BCUT2D eigenvalue weighted by Gasteiger charge is 2.24. The van der Waals surface area contributed by atoms with Crippen LogP contribution in [0.4, 0.5) is 17.1 Å². The van der Waals surface area contributed by atoms with E-state index in [0.29, 0.717) is 0 Å². The first kappa shape index (κ1) is 19.4. The van der Waals surface area contributed by atoms with Gasteiger partial charge in [-0.1, -0.05) is 72.8 Å². The predicted molar refractivity (Wildman–Crippen MR) is 148 cm³/mol. The Bertz CT molecular complexity index is 1950. The van der Waals surface area contributed by atoms with Gasteiger partial charge in [-0.15, -0.1) is 0 Å². The smallest absolute Gasteiger partial charge is 0.159 e. The van der Waals surface area contributed by atoms with Crippen molar-refractivity contribution in [1.29, 1.82) is 0 Å². The number of aromatic nitrogens is 1. The lowest BCUT2D eigenvalue weighted by Gasteiger charge is -2.25. The molecule has 0 N–H and O–H groups in total. The highest BCUT2D eigenvalue weighted by Crippen LogP contribution is 2.50. The highest BCUT2D eigenvalue weighted by molar-refractivity contribution is 6.16. The second-order valence-corrected chi connectivity index (χ2v) is 9.24. The first-order valence-electron chi connectivity index (χ1n) is 12.1. The van der Waals surface area contributed by atoms with E-state index in [2.05, 4.69) is 101 Å². The molecule has 0 amide bonds. The van der Waals surface area contributed by atoms with Crippen LogP contribution in [0, 0.1) is 0 Å². The van der Waals surface area contributed by atoms with Crippen molar-refractivity contribution in [2.75, 3.05) is 4.90 Å². The van der Waals surface area contributed by atoms with Crippen LogP contribution in [0.3, 0.4) is 0 Å². The molecule has 1 aliphatic rings. The highest BCUT2D eigenvalue weighted by atomic mass is 16.3. The third kappa shape index (κ3) is 2.65. The molecular weight excluding hydrogens is 440 g/mol. The molecule has 0 fully saturated rings. The normalized spacial score (nSPS) is 11.9. The van der Waals surface area contributed by atoms with Crippen LogP contribution in [-0.4, -0.2) is 4.98 Å². The van der Waals surface area contributed by atoms with E-state index in [1.807, 2.05) is 30.6 Å². The number of hydrogen-bond acceptors (Lipinski definition) is 3. The van der Waals surface area contributed by atoms with Gasteiger partial charge in [0, 0.05) is 22.7 Å². The van der Waals surface area contributed by atoms with Crippen LogP contribution >= 0.6 is 0 Å². The molecule has 0 saturated heterocycles. The summed E-state index contributed by atoms with van der Waals surface area (Å²) in [6, 6.07) is 38.6. The van der Waals surface area contributed by atoms with Gasteiger partial charge in [-0.3, -0.25) is 4.98 Å². The lowest BCUT2D eigenvalue weighted by atomic mass is 10.0. The second-order valence-electron chi connectivity index (χ2n) is 9.24. The molecule has 0 atom stereocenters. The molecule has 0 aliphatic heterocycles. The van der Waals surface area contributed by atoms with Crippen molar-refractivity contribution in [3.63, 3.8) is 0 Å². The predicted octanol–water partition coefficient (Wildman–Crippen LogP) is 9.25. The van der Waals surface area contributed by atoms with Crippen molar-refractivity contribution in [2.24, 2.45) is 0 Å². The molecule has 7 aromatic rings. The Kier molecular flexibility index (Phi) is 3.94. The number of para-hydroxylation sites is 2. The average molecular weight is 461 g/mol. The number of rotatable bonds is 3. The molecule has 36 heavy (non-hydrogen) atoms. The minimum Gasteiger partial charge on any atom is -0.454 e. The summed E-state index contributed by atoms with van der Waals surface area (Å²) < 4.78 is 6.44. The lowest BCUT2D eigenvalue weighted by molar-refractivity contribution is 0.669. The molecule has 0 saturated carbocycles. The SMILES string of the molecule is c1cncc(N(c2ccc3c(c2)-c2cccc4cccc-3c24)c2cccc3c2oc2ccccc23)c1. The van der Waals surface area contributed by atoms with E-state index in [1.54, 1.807) is 0 Å². The Hall–Kier alpha value is -4.89. The molecule has 3 nitrogen and oxygen atoms in total. The molecule has 2 aromatic heterocycles. The topological polar surface area (TPSA) is 29.3 Å². The largest absolute Gasteiger partial charge is 0.454 e. The number of hydrogen-bond donors (Lipinski definition) is 0. The van der Waals surface area contributed by atoms with Gasteiger partial charge in [-0.2, -0.15) is 0 Å². The molecule has 168 valence electrons. The van der Waals surface area contributed by atoms with Crippen LogP contribution in [0.15, 0.2) is 126 Å². The van der Waals surface area contributed by atoms with Crippen LogP contribution in [0.2, 0.25) is 0 Å². The summed E-state index contributed by atoms with van der Waals surface area (Å²) in [4.78, 5) is 6.69. The van der Waals surface area contributed by atoms with Crippen molar-refractivity contribution in [3.05, 3.63) is 122 Å². The average Bonchev–Trinajstić information content (AvgIpc) is 3.48. The Balaban J connectivity index is 1.40. The quantitative estimate of drug-likeness (QED) is 0.263. The van der Waals surface area contributed by atoms with Gasteiger partial charge in [0.1, 0.15) is 5.58 Å². The van der Waals surface area contributed by atoms with Crippen LogP contribution in [-0.2, 0) is 0 Å². The molecule has 2 heterocycles. The number of anilines is 3. The number of fused-ring (bicyclic) bond motifs is 6. The zero-order chi connectivity index (χ0) is 23.6. The zero-order valence-corrected chi connectivity index (χ0v) is 19.3. The molecule has 0 radical (unpaired) electrons. The Morgan fingerprint density at radius 1 is 0.583 bits per heavy atom. The number of nitrogens with zero attached hydrogens (tertiary/aromatic N) is 2. The maximum absolute atomic E-state index is 6.44. The summed E-state index contributed by atoms with van der Waals surface area (Å²) in [7, 11) is 0. The fourth-order valence-electron chi connectivity index (χ4n) is 5.74. The number of furan rings is 1. The fraction of sp³-hybridized carbons (Fsp3) is 0. The first-order chi connectivity index (χ1) is 17.9. The van der Waals surface area contributed by atoms with Crippen LogP contribution < -0.4 is 4.90 Å². The standard InChI is InChI=1S/C33H20N2O/c1-2-15-31-25(10-1)28-13-5-14-30(33(28)36-31)35(23-9-6-18-34-20-23)22-16-17-24-26-11-3-7-21-8-4-12-27(32(21)26)29(24)19-22/h1-20H. The van der Waals surface area contributed by atoms with E-state index in [-0.39, 0.29) is 0 Å². The van der Waals surface area contributed by atoms with Gasteiger partial charge in [0.05, 0.1) is 17.6 Å². The van der Waals surface area contributed by atoms with E-state index in [0.717, 1.165) is 39.0 Å². The zero-order valence-electron chi connectivity index (χ0n) is 19.3. The summed E-state index contributed by atoms with van der Waals surface area (Å²) in [5.74, 6) is 0. The minimum atomic E-state index is 0.869. The second kappa shape index (κ2) is 7.30. The van der Waals surface area contributed by atoms with Crippen LogP contribution in [0.25, 0.3) is 55.0 Å². The summed E-state index contributed by atoms with van der Waals surface area (Å²) in [5, 5.41) is 4.84. The maximum Gasteiger partial charge on any atom is 0.159 e. The van der Waals surface area contributed by atoms with Crippen molar-refractivity contribution in [3.8, 4) is 22.3 Å². The molecule has 0 spiro atoms. The molecule has 1 aliphatic carbocycles. The van der Waals surface area contributed by atoms with Gasteiger partial charge < -0.3 is 9.32 Å². The summed E-state index contributed by atoms with van der Waals surface area (Å²) in [5.41, 5.74) is 9.92. The van der Waals surface area contributed by atoms with E-state index in [4.69, 9.17) is 4.42 Å². The Morgan fingerprint density at radius 2 is 1.39 bits per heavy atom. The Labute approximate surface area is 207 Å². The van der Waals surface area contributed by atoms with Gasteiger partial charge in [0.15, 0.2) is 5.58 Å². The molecule has 8 rings (SSSR count). The molecule has 5 aromatic carbocycles. The van der Waals surface area contributed by atoms with Crippen LogP contribution in [0.5, 0.6) is 0 Å². The monoisotopic (exact) mass is 460 g/mol. The maximum atomic E-state index is 6.44. The Morgan fingerprint density at radius 3 is 2.25 bits per heavy atom. The van der Waals surface area contributed by atoms with Gasteiger partial charge in [0.25, 0.3) is 0 Å². The molecular formula is C33H20N2O. The van der Waals surface area contributed by atoms with E-state index >= 15 is 0 Å². The summed E-state index contributed by atoms with van der Waals surface area (Å²) in [6.07, 6.45) is 3.72. The van der Waals surface area contributed by atoms with Gasteiger partial charge in [0.2, 0.25) is 0 Å². The summed E-state index contributed by atoms with van der Waals surface area (Å²) >= 11 is 0. The minimum absolute atomic E-state index is 0.869. The molecule has 3 heteroatoms. The van der Waals surface area contributed by atoms with Gasteiger partial charge >= 0.3 is 0 Å². The fourth-order valence-corrected chi connectivity index (χ4v) is 5.74. The van der Waals surface area contributed by atoms with E-state index in [1.165, 1.54) is 33.0 Å². The summed E-state index contributed by atoms with van der Waals surface area (Å²) in [6.45, 7) is 0. The third-order valence-corrected chi connectivity index (χ3v) is 7.27. The first-order valence-corrected chi connectivity index (χ1v) is 12.1. The number of benzene rings is 5. The number of pyridine rings is 1.